The highest BCUT2D eigenvalue weighted by Gasteiger charge is 2.22. The van der Waals surface area contributed by atoms with Crippen molar-refractivity contribution in [2.45, 2.75) is 38.5 Å². The molecule has 0 spiro atoms. The quantitative estimate of drug-likeness (QED) is 0.181. The van der Waals surface area contributed by atoms with Crippen molar-refractivity contribution in [2.24, 2.45) is 0 Å². The fourth-order valence-corrected chi connectivity index (χ4v) is 4.50. The van der Waals surface area contributed by atoms with E-state index in [9.17, 15) is 13.6 Å². The smallest absolute Gasteiger partial charge is 0.341 e. The van der Waals surface area contributed by atoms with E-state index in [0.29, 0.717) is 26.2 Å². The van der Waals surface area contributed by atoms with Crippen LogP contribution in [0.2, 0.25) is 0 Å². The minimum atomic E-state index is -1.64. The molecule has 0 saturated carbocycles. The third kappa shape index (κ3) is 12.3. The summed E-state index contributed by atoms with van der Waals surface area (Å²) in [6, 6.07) is 39.6. The molecule has 0 aliphatic heterocycles. The molecule has 0 fully saturated rings. The predicted octanol–water partition coefficient (Wildman–Crippen LogP) is 6.22. The molecular formula is C35H40F2N2O3. The number of aliphatic hydroxyl groups is 1. The van der Waals surface area contributed by atoms with Crippen molar-refractivity contribution in [2.75, 3.05) is 26.8 Å². The van der Waals surface area contributed by atoms with E-state index >= 15 is 0 Å². The summed E-state index contributed by atoms with van der Waals surface area (Å²) in [4.78, 5) is 15.3. The lowest BCUT2D eigenvalue weighted by atomic mass is 10.1. The van der Waals surface area contributed by atoms with Crippen LogP contribution in [0.25, 0.3) is 0 Å². The first-order chi connectivity index (χ1) is 20.5. The van der Waals surface area contributed by atoms with Crippen LogP contribution in [0.15, 0.2) is 121 Å². The largest absolute Gasteiger partial charge is 0.467 e. The predicted molar refractivity (Wildman–Crippen MR) is 163 cm³/mol. The van der Waals surface area contributed by atoms with E-state index < -0.39 is 24.9 Å². The third-order valence-electron chi connectivity index (χ3n) is 6.53. The second-order valence-corrected chi connectivity index (χ2v) is 10.1. The number of methoxy groups -OCH3 is 1. The Kier molecular flexibility index (Phi) is 14.4. The van der Waals surface area contributed by atoms with Crippen LogP contribution in [0, 0.1) is 0 Å². The summed E-state index contributed by atoms with van der Waals surface area (Å²) >= 11 is 0. The first-order valence-electron chi connectivity index (χ1n) is 14.0. The lowest BCUT2D eigenvalue weighted by molar-refractivity contribution is -0.147. The second-order valence-electron chi connectivity index (χ2n) is 10.1. The van der Waals surface area contributed by atoms with Gasteiger partial charge in [-0.25, -0.2) is 13.6 Å². The Morgan fingerprint density at radius 1 is 0.619 bits per heavy atom. The van der Waals surface area contributed by atoms with Gasteiger partial charge in [-0.3, -0.25) is 9.80 Å². The summed E-state index contributed by atoms with van der Waals surface area (Å²) < 4.78 is 31.9. The minimum Gasteiger partial charge on any atom is -0.467 e. The van der Waals surface area contributed by atoms with Crippen LogP contribution < -0.4 is 0 Å². The minimum absolute atomic E-state index is 0.0104. The molecule has 4 aromatic carbocycles. The highest BCUT2D eigenvalue weighted by Crippen LogP contribution is 2.13. The molecule has 0 radical (unpaired) electrons. The lowest BCUT2D eigenvalue weighted by Gasteiger charge is -2.23. The number of hydrogen-bond acceptors (Lipinski definition) is 5. The van der Waals surface area contributed by atoms with Crippen LogP contribution in [0.4, 0.5) is 8.78 Å². The number of carbonyl (C=O) groups excluding carboxylic acids is 1. The van der Waals surface area contributed by atoms with Crippen LogP contribution in [0.3, 0.4) is 0 Å². The van der Waals surface area contributed by atoms with Gasteiger partial charge in [0.25, 0.3) is 0 Å². The molecule has 0 aliphatic rings. The Morgan fingerprint density at radius 3 is 1.21 bits per heavy atom. The van der Waals surface area contributed by atoms with Gasteiger partial charge in [-0.1, -0.05) is 121 Å². The summed E-state index contributed by atoms with van der Waals surface area (Å²) in [6.07, 6.45) is -2.85. The first-order valence-corrected chi connectivity index (χ1v) is 14.0. The highest BCUT2D eigenvalue weighted by molar-refractivity contribution is 5.74. The third-order valence-corrected chi connectivity index (χ3v) is 6.53. The van der Waals surface area contributed by atoms with Crippen molar-refractivity contribution in [3.8, 4) is 0 Å². The van der Waals surface area contributed by atoms with Gasteiger partial charge in [-0.15, -0.1) is 0 Å². The lowest BCUT2D eigenvalue weighted by Crippen LogP contribution is -2.34. The normalized spacial score (nSPS) is 12.3. The standard InChI is InChI=1S/C18H20FNO2.C17H20FNO/c1-22-18(21)17(19)14-20(12-15-8-4-2-5-9-15)13-16-10-6-3-7-11-16;18-17(14-20)13-19(11-15-7-3-1-4-8-15)12-16-9-5-2-6-10-16/h2-11,17H,12-14H2,1H3;1-10,17,20H,11-14H2/t2*17-/m00/s1. The zero-order valence-electron chi connectivity index (χ0n) is 24.1. The van der Waals surface area contributed by atoms with E-state index in [2.05, 4.69) is 4.74 Å². The number of hydrogen-bond donors (Lipinski definition) is 1. The summed E-state index contributed by atoms with van der Waals surface area (Å²) in [5.74, 6) is -0.828. The van der Waals surface area contributed by atoms with Gasteiger partial charge in [0.1, 0.15) is 6.17 Å². The van der Waals surface area contributed by atoms with Gasteiger partial charge in [-0.2, -0.15) is 0 Å². The monoisotopic (exact) mass is 574 g/mol. The fraction of sp³-hybridized carbons (Fsp3) is 0.286. The van der Waals surface area contributed by atoms with Crippen molar-refractivity contribution in [3.05, 3.63) is 144 Å². The maximum atomic E-state index is 13.9. The van der Waals surface area contributed by atoms with Gasteiger partial charge in [0.05, 0.1) is 13.7 Å². The Bertz CT molecular complexity index is 1180. The molecule has 0 amide bonds. The number of ether oxygens (including phenoxy) is 1. The van der Waals surface area contributed by atoms with Gasteiger partial charge in [0.15, 0.2) is 0 Å². The highest BCUT2D eigenvalue weighted by atomic mass is 19.1. The number of esters is 1. The van der Waals surface area contributed by atoms with Crippen LogP contribution >= 0.6 is 0 Å². The Morgan fingerprint density at radius 2 is 0.929 bits per heavy atom. The molecule has 0 unspecified atom stereocenters. The summed E-state index contributed by atoms with van der Waals surface area (Å²) in [6.45, 7) is 2.32. The van der Waals surface area contributed by atoms with E-state index in [1.807, 2.05) is 131 Å². The molecule has 42 heavy (non-hydrogen) atoms. The van der Waals surface area contributed by atoms with E-state index in [1.54, 1.807) is 0 Å². The molecule has 5 nitrogen and oxygen atoms in total. The molecule has 0 aromatic heterocycles. The van der Waals surface area contributed by atoms with Gasteiger partial charge in [0, 0.05) is 39.3 Å². The average Bonchev–Trinajstić information content (AvgIpc) is 3.02. The van der Waals surface area contributed by atoms with Crippen molar-refractivity contribution >= 4 is 5.97 Å². The maximum absolute atomic E-state index is 13.9. The van der Waals surface area contributed by atoms with Crippen LogP contribution in [0.5, 0.6) is 0 Å². The number of halogens is 2. The van der Waals surface area contributed by atoms with Gasteiger partial charge in [-0.05, 0) is 22.3 Å². The number of carbonyl (C=O) groups is 1. The molecular weight excluding hydrogens is 534 g/mol. The molecule has 0 bridgehead atoms. The van der Waals surface area contributed by atoms with Crippen molar-refractivity contribution < 1.29 is 23.4 Å². The number of alkyl halides is 2. The molecule has 4 aromatic rings. The van der Waals surface area contributed by atoms with Gasteiger partial charge >= 0.3 is 5.97 Å². The van der Waals surface area contributed by atoms with Crippen LogP contribution in [0.1, 0.15) is 22.3 Å². The van der Waals surface area contributed by atoms with Crippen molar-refractivity contribution in [1.29, 1.82) is 0 Å². The zero-order valence-corrected chi connectivity index (χ0v) is 24.1. The fourth-order valence-electron chi connectivity index (χ4n) is 4.50. The summed E-state index contributed by atoms with van der Waals surface area (Å²) in [7, 11) is 1.20. The molecule has 7 heteroatoms. The number of rotatable bonds is 14. The zero-order chi connectivity index (χ0) is 30.0. The van der Waals surface area contributed by atoms with Crippen molar-refractivity contribution in [1.82, 2.24) is 9.80 Å². The van der Waals surface area contributed by atoms with Crippen molar-refractivity contribution in [3.63, 3.8) is 0 Å². The Balaban J connectivity index is 0.000000231. The number of aliphatic hydroxyl groups excluding tert-OH is 1. The van der Waals surface area contributed by atoms with E-state index in [0.717, 1.165) is 22.3 Å². The van der Waals surface area contributed by atoms with Gasteiger partial charge < -0.3 is 9.84 Å². The Hall–Kier alpha value is -3.91. The molecule has 4 rings (SSSR count). The molecule has 0 aliphatic carbocycles. The van der Waals surface area contributed by atoms with E-state index in [4.69, 9.17) is 5.11 Å². The second kappa shape index (κ2) is 18.5. The Labute approximate surface area is 248 Å². The topological polar surface area (TPSA) is 53.0 Å². The van der Waals surface area contributed by atoms with Crippen LogP contribution in [-0.4, -0.2) is 60.0 Å². The molecule has 2 atom stereocenters. The average molecular weight is 575 g/mol. The molecule has 222 valence electrons. The van der Waals surface area contributed by atoms with Gasteiger partial charge in [0.2, 0.25) is 6.17 Å². The molecule has 0 heterocycles. The van der Waals surface area contributed by atoms with E-state index in [1.165, 1.54) is 7.11 Å². The first kappa shape index (κ1) is 32.6. The van der Waals surface area contributed by atoms with Crippen LogP contribution in [-0.2, 0) is 35.7 Å². The molecule has 1 N–H and O–H groups in total. The summed E-state index contributed by atoms with van der Waals surface area (Å²) in [5, 5.41) is 8.91. The SMILES string of the molecule is COC(=O)[C@@H](F)CN(Cc1ccccc1)Cc1ccccc1.OC[C@@H](F)CN(Cc1ccccc1)Cc1ccccc1. The van der Waals surface area contributed by atoms with E-state index in [-0.39, 0.29) is 13.1 Å². The molecule has 0 saturated heterocycles. The maximum Gasteiger partial charge on any atom is 0.341 e. The number of nitrogens with zero attached hydrogens (tertiary/aromatic N) is 2. The summed E-state index contributed by atoms with van der Waals surface area (Å²) in [5.41, 5.74) is 4.45. The number of benzene rings is 4.